The van der Waals surface area contributed by atoms with E-state index in [1.165, 1.54) is 18.3 Å². The van der Waals surface area contributed by atoms with Crippen molar-refractivity contribution in [1.82, 2.24) is 10.2 Å². The molecule has 2 unspecified atom stereocenters. The number of amides is 3. The molecule has 29 heavy (non-hydrogen) atoms. The summed E-state index contributed by atoms with van der Waals surface area (Å²) in [5.74, 6) is -0.653. The number of hydrogen-bond donors (Lipinski definition) is 2. The number of urea groups is 1. The third-order valence-corrected chi connectivity index (χ3v) is 5.44. The fraction of sp³-hybridized carbons (Fsp3) is 0.368. The van der Waals surface area contributed by atoms with Crippen LogP contribution in [0.1, 0.15) is 22.9 Å². The molecule has 6 nitrogen and oxygen atoms in total. The third kappa shape index (κ3) is 4.60. The lowest BCUT2D eigenvalue weighted by Gasteiger charge is -2.23. The average Bonchev–Trinajstić information content (AvgIpc) is 3.24. The Labute approximate surface area is 168 Å². The number of carbonyl (C=O) groups excluding carboxylic acids is 2. The first kappa shape index (κ1) is 21.3. The highest BCUT2D eigenvalue weighted by Gasteiger charge is 2.49. The second-order valence-corrected chi connectivity index (χ2v) is 7.83. The minimum Gasteiger partial charge on any atom is -0.389 e. The molecule has 1 saturated heterocycles. The van der Waals surface area contributed by atoms with Gasteiger partial charge in [-0.25, -0.2) is 4.79 Å². The number of benzene rings is 1. The molecule has 10 heteroatoms. The topological polar surface area (TPSA) is 78.9 Å². The molecular weight excluding hydrogens is 409 g/mol. The molecule has 2 N–H and O–H groups in total. The zero-order valence-corrected chi connectivity index (χ0v) is 16.2. The summed E-state index contributed by atoms with van der Waals surface area (Å²) >= 11 is 1.50. The number of halogens is 3. The number of alkyl halides is 3. The van der Waals surface area contributed by atoms with E-state index >= 15 is 0 Å². The molecule has 2 heterocycles. The van der Waals surface area contributed by atoms with E-state index in [-0.39, 0.29) is 18.7 Å². The summed E-state index contributed by atoms with van der Waals surface area (Å²) in [5.41, 5.74) is -2.15. The molecule has 156 valence electrons. The molecule has 0 spiro atoms. The number of aliphatic hydroxyl groups excluding tert-OH is 1. The lowest BCUT2D eigenvalue weighted by Crippen LogP contribution is -2.42. The van der Waals surface area contributed by atoms with E-state index in [0.717, 1.165) is 34.0 Å². The third-order valence-electron chi connectivity index (χ3n) is 4.59. The minimum atomic E-state index is -4.50. The van der Waals surface area contributed by atoms with Gasteiger partial charge in [-0.05, 0) is 36.1 Å². The fourth-order valence-electron chi connectivity index (χ4n) is 3.00. The molecule has 0 aliphatic carbocycles. The number of nitrogens with one attached hydrogen (secondary N) is 1. The maximum absolute atomic E-state index is 12.8. The van der Waals surface area contributed by atoms with Crippen LogP contribution in [0.25, 0.3) is 0 Å². The molecule has 0 saturated carbocycles. The Hall–Kier alpha value is -2.43. The van der Waals surface area contributed by atoms with Crippen molar-refractivity contribution < 1.29 is 32.6 Å². The summed E-state index contributed by atoms with van der Waals surface area (Å²) < 4.78 is 43.6. The maximum atomic E-state index is 12.8. The highest BCUT2D eigenvalue weighted by molar-refractivity contribution is 7.09. The van der Waals surface area contributed by atoms with Gasteiger partial charge in [-0.1, -0.05) is 18.2 Å². The Balaban J connectivity index is 1.63. The number of ether oxygens (including phenoxy) is 1. The van der Waals surface area contributed by atoms with Gasteiger partial charge in [0, 0.05) is 4.88 Å². The van der Waals surface area contributed by atoms with Crippen LogP contribution >= 0.6 is 11.3 Å². The quantitative estimate of drug-likeness (QED) is 0.665. The molecule has 1 aromatic heterocycles. The second kappa shape index (κ2) is 8.13. The van der Waals surface area contributed by atoms with E-state index in [9.17, 15) is 27.9 Å². The van der Waals surface area contributed by atoms with E-state index in [2.05, 4.69) is 5.32 Å². The largest absolute Gasteiger partial charge is 0.416 e. The number of thiophene rings is 1. The van der Waals surface area contributed by atoms with Crippen LogP contribution in [0.4, 0.5) is 18.0 Å². The van der Waals surface area contributed by atoms with Crippen LogP contribution in [0.5, 0.6) is 0 Å². The number of imide groups is 1. The van der Waals surface area contributed by atoms with E-state index in [0.29, 0.717) is 6.61 Å². The molecule has 1 aliphatic rings. The van der Waals surface area contributed by atoms with Crippen LogP contribution in [-0.4, -0.2) is 41.2 Å². The minimum absolute atomic E-state index is 0.0774. The van der Waals surface area contributed by atoms with Gasteiger partial charge in [-0.15, -0.1) is 11.3 Å². The first-order valence-electron chi connectivity index (χ1n) is 8.71. The summed E-state index contributed by atoms with van der Waals surface area (Å²) in [7, 11) is 0. The van der Waals surface area contributed by atoms with Gasteiger partial charge in [0.25, 0.3) is 5.91 Å². The standard InChI is InChI=1S/C19H19F3N2O4S/c1-18(12-4-6-13(7-5-12)19(20,21)22)16(26)24(17(27)23-18)9-14(25)10-28-11-15-3-2-8-29-15/h2-8,14,25H,9-11H2,1H3,(H,23,27). The van der Waals surface area contributed by atoms with Gasteiger partial charge in [0.05, 0.1) is 31.4 Å². The average molecular weight is 428 g/mol. The second-order valence-electron chi connectivity index (χ2n) is 6.79. The van der Waals surface area contributed by atoms with Gasteiger partial charge >= 0.3 is 12.2 Å². The Morgan fingerprint density at radius 3 is 2.52 bits per heavy atom. The van der Waals surface area contributed by atoms with E-state index < -0.39 is 35.3 Å². The monoisotopic (exact) mass is 428 g/mol. The number of nitrogens with zero attached hydrogens (tertiary/aromatic N) is 1. The maximum Gasteiger partial charge on any atom is 0.416 e. The van der Waals surface area contributed by atoms with Crippen molar-refractivity contribution >= 4 is 23.3 Å². The van der Waals surface area contributed by atoms with Gasteiger partial charge < -0.3 is 15.2 Å². The lowest BCUT2D eigenvalue weighted by atomic mass is 9.91. The summed E-state index contributed by atoms with van der Waals surface area (Å²) in [5, 5.41) is 14.5. The van der Waals surface area contributed by atoms with Crippen molar-refractivity contribution in [2.75, 3.05) is 13.2 Å². The fourth-order valence-corrected chi connectivity index (χ4v) is 3.65. The zero-order valence-electron chi connectivity index (χ0n) is 15.4. The van der Waals surface area contributed by atoms with Crippen LogP contribution in [0, 0.1) is 0 Å². The Bertz CT molecular complexity index is 871. The summed E-state index contributed by atoms with van der Waals surface area (Å²) in [4.78, 5) is 26.9. The van der Waals surface area contributed by atoms with Gasteiger partial charge in [-0.2, -0.15) is 13.2 Å². The number of β-amino-alcohol motifs (C(OH)–C–C–N with tert-alkyl or cyclic N) is 1. The summed E-state index contributed by atoms with van der Waals surface area (Å²) in [6.07, 6.45) is -5.60. The van der Waals surface area contributed by atoms with Crippen molar-refractivity contribution in [2.24, 2.45) is 0 Å². The number of hydrogen-bond acceptors (Lipinski definition) is 5. The highest BCUT2D eigenvalue weighted by Crippen LogP contribution is 2.33. The highest BCUT2D eigenvalue weighted by atomic mass is 32.1. The molecule has 0 bridgehead atoms. The first-order valence-corrected chi connectivity index (χ1v) is 9.59. The molecule has 1 fully saturated rings. The van der Waals surface area contributed by atoms with Crippen LogP contribution in [-0.2, 0) is 27.9 Å². The van der Waals surface area contributed by atoms with Crippen molar-refractivity contribution in [2.45, 2.75) is 31.3 Å². The number of aliphatic hydroxyl groups is 1. The molecule has 1 aromatic carbocycles. The smallest absolute Gasteiger partial charge is 0.389 e. The van der Waals surface area contributed by atoms with Crippen molar-refractivity contribution in [3.05, 3.63) is 57.8 Å². The number of carbonyl (C=O) groups is 2. The first-order chi connectivity index (χ1) is 13.6. The predicted octanol–water partition coefficient (Wildman–Crippen LogP) is 3.11. The van der Waals surface area contributed by atoms with E-state index in [1.54, 1.807) is 0 Å². The van der Waals surface area contributed by atoms with Crippen LogP contribution < -0.4 is 5.32 Å². The van der Waals surface area contributed by atoms with Gasteiger partial charge in [-0.3, -0.25) is 9.69 Å². The molecule has 3 rings (SSSR count). The van der Waals surface area contributed by atoms with E-state index in [4.69, 9.17) is 4.74 Å². The van der Waals surface area contributed by atoms with Gasteiger partial charge in [0.15, 0.2) is 0 Å². The summed E-state index contributed by atoms with van der Waals surface area (Å²) in [6, 6.07) is 7.05. The van der Waals surface area contributed by atoms with Crippen molar-refractivity contribution in [3.8, 4) is 0 Å². The van der Waals surface area contributed by atoms with E-state index in [1.807, 2.05) is 17.5 Å². The molecule has 0 radical (unpaired) electrons. The van der Waals surface area contributed by atoms with Crippen LogP contribution in [0.3, 0.4) is 0 Å². The molecule has 3 amide bonds. The van der Waals surface area contributed by atoms with Crippen molar-refractivity contribution in [3.63, 3.8) is 0 Å². The van der Waals surface area contributed by atoms with Crippen molar-refractivity contribution in [1.29, 1.82) is 0 Å². The van der Waals surface area contributed by atoms with Gasteiger partial charge in [0.1, 0.15) is 5.54 Å². The molecule has 2 atom stereocenters. The Morgan fingerprint density at radius 1 is 1.24 bits per heavy atom. The zero-order chi connectivity index (χ0) is 21.2. The number of rotatable bonds is 7. The molecule has 2 aromatic rings. The van der Waals surface area contributed by atoms with Crippen LogP contribution in [0.2, 0.25) is 0 Å². The molecule has 1 aliphatic heterocycles. The Kier molecular flexibility index (Phi) is 5.97. The SMILES string of the molecule is CC1(c2ccc(C(F)(F)F)cc2)NC(=O)N(CC(O)COCc2cccs2)C1=O. The predicted molar refractivity (Wildman–Crippen MR) is 99.0 cm³/mol. The molecular formula is C19H19F3N2O4S. The van der Waals surface area contributed by atoms with Gasteiger partial charge in [0.2, 0.25) is 0 Å². The Morgan fingerprint density at radius 2 is 1.93 bits per heavy atom. The summed E-state index contributed by atoms with van der Waals surface area (Å²) in [6.45, 7) is 1.35. The lowest BCUT2D eigenvalue weighted by molar-refractivity contribution is -0.137. The normalized spacial score (nSPS) is 20.8. The van der Waals surface area contributed by atoms with Crippen LogP contribution in [0.15, 0.2) is 41.8 Å².